The zero-order valence-corrected chi connectivity index (χ0v) is 15.2. The van der Waals surface area contributed by atoms with E-state index in [0.717, 1.165) is 22.3 Å². The quantitative estimate of drug-likeness (QED) is 0.488. The molecule has 5 nitrogen and oxygen atoms in total. The molecule has 0 aromatic heterocycles. The number of nitrogen functional groups attached to an aromatic ring is 1. The van der Waals surface area contributed by atoms with Crippen LogP contribution in [0.25, 0.3) is 6.08 Å². The number of anilines is 1. The maximum Gasteiger partial charge on any atom is 0.334 e. The van der Waals surface area contributed by atoms with Gasteiger partial charge in [0.15, 0.2) is 0 Å². The zero-order chi connectivity index (χ0) is 19.1. The van der Waals surface area contributed by atoms with Crippen molar-refractivity contribution >= 4 is 23.7 Å². The van der Waals surface area contributed by atoms with E-state index in [1.165, 1.54) is 7.11 Å². The monoisotopic (exact) mass is 353 g/mol. The van der Waals surface area contributed by atoms with Crippen LogP contribution in [-0.2, 0) is 25.7 Å². The highest BCUT2D eigenvalue weighted by atomic mass is 16.5. The minimum absolute atomic E-state index is 0.161. The summed E-state index contributed by atoms with van der Waals surface area (Å²) in [6.45, 7) is 3.95. The van der Waals surface area contributed by atoms with Crippen LogP contribution in [0.15, 0.2) is 48.0 Å². The first-order valence-electron chi connectivity index (χ1n) is 8.26. The van der Waals surface area contributed by atoms with Crippen LogP contribution in [0, 0.1) is 13.8 Å². The standard InChI is InChI=1S/C21H23NO4/c1-14-9-17(10-15(2)20(14)22)11-18(21(24)25-3)12-19(23)26-13-16-7-5-4-6-8-16/h4-11H,12-13,22H2,1-3H3/b18-11-. The molecular weight excluding hydrogens is 330 g/mol. The molecule has 0 bridgehead atoms. The lowest BCUT2D eigenvalue weighted by Gasteiger charge is -2.09. The highest BCUT2D eigenvalue weighted by molar-refractivity contribution is 5.98. The molecule has 0 unspecified atom stereocenters. The van der Waals surface area contributed by atoms with E-state index in [0.29, 0.717) is 5.69 Å². The van der Waals surface area contributed by atoms with Crippen molar-refractivity contribution in [2.75, 3.05) is 12.8 Å². The molecule has 5 heteroatoms. The van der Waals surface area contributed by atoms with Gasteiger partial charge >= 0.3 is 11.9 Å². The molecule has 0 aliphatic heterocycles. The molecule has 0 radical (unpaired) electrons. The molecule has 2 rings (SSSR count). The Balaban J connectivity index is 2.14. The van der Waals surface area contributed by atoms with Gasteiger partial charge in [0.25, 0.3) is 0 Å². The van der Waals surface area contributed by atoms with Crippen LogP contribution >= 0.6 is 0 Å². The highest BCUT2D eigenvalue weighted by Crippen LogP contribution is 2.21. The fourth-order valence-corrected chi connectivity index (χ4v) is 2.55. The van der Waals surface area contributed by atoms with Crippen molar-refractivity contribution in [3.63, 3.8) is 0 Å². The molecule has 0 spiro atoms. The second-order valence-electron chi connectivity index (χ2n) is 6.05. The summed E-state index contributed by atoms with van der Waals surface area (Å²) in [6.07, 6.45) is 1.47. The number of carbonyl (C=O) groups excluding carboxylic acids is 2. The fourth-order valence-electron chi connectivity index (χ4n) is 2.55. The third kappa shape index (κ3) is 5.21. The SMILES string of the molecule is COC(=O)/C(=C\c1cc(C)c(N)c(C)c1)CC(=O)OCc1ccccc1. The number of benzene rings is 2. The third-order valence-corrected chi connectivity index (χ3v) is 3.98. The smallest absolute Gasteiger partial charge is 0.334 e. The van der Waals surface area contributed by atoms with Gasteiger partial charge in [-0.2, -0.15) is 0 Å². The van der Waals surface area contributed by atoms with Crippen molar-refractivity contribution in [1.29, 1.82) is 0 Å². The van der Waals surface area contributed by atoms with E-state index in [9.17, 15) is 9.59 Å². The maximum atomic E-state index is 12.1. The number of ether oxygens (including phenoxy) is 2. The number of nitrogens with two attached hydrogens (primary N) is 1. The number of hydrogen-bond donors (Lipinski definition) is 1. The Morgan fingerprint density at radius 2 is 1.69 bits per heavy atom. The van der Waals surface area contributed by atoms with Crippen molar-refractivity contribution in [3.05, 3.63) is 70.3 Å². The lowest BCUT2D eigenvalue weighted by Crippen LogP contribution is -2.12. The van der Waals surface area contributed by atoms with E-state index in [-0.39, 0.29) is 18.6 Å². The first kappa shape index (κ1) is 19.2. The van der Waals surface area contributed by atoms with E-state index in [1.54, 1.807) is 6.08 Å². The number of methoxy groups -OCH3 is 1. The summed E-state index contributed by atoms with van der Waals surface area (Å²) in [5.74, 6) is -1.05. The summed E-state index contributed by atoms with van der Waals surface area (Å²) in [5, 5.41) is 0. The normalized spacial score (nSPS) is 11.1. The molecule has 0 amide bonds. The number of rotatable bonds is 6. The van der Waals surface area contributed by atoms with Crippen LogP contribution in [0.5, 0.6) is 0 Å². The first-order valence-corrected chi connectivity index (χ1v) is 8.26. The molecule has 136 valence electrons. The fraction of sp³-hybridized carbons (Fsp3) is 0.238. The van der Waals surface area contributed by atoms with Gasteiger partial charge in [-0.1, -0.05) is 30.3 Å². The summed E-state index contributed by atoms with van der Waals surface area (Å²) in [7, 11) is 1.28. The number of carbonyl (C=O) groups is 2. The van der Waals surface area contributed by atoms with Gasteiger partial charge in [0, 0.05) is 11.3 Å². The van der Waals surface area contributed by atoms with Gasteiger partial charge in [-0.3, -0.25) is 4.79 Å². The molecule has 0 heterocycles. The van der Waals surface area contributed by atoms with E-state index in [1.807, 2.05) is 56.3 Å². The number of aryl methyl sites for hydroxylation is 2. The van der Waals surface area contributed by atoms with E-state index >= 15 is 0 Å². The number of esters is 2. The topological polar surface area (TPSA) is 78.6 Å². The van der Waals surface area contributed by atoms with Gasteiger partial charge in [0.1, 0.15) is 6.61 Å². The van der Waals surface area contributed by atoms with Gasteiger partial charge in [0.2, 0.25) is 0 Å². The lowest BCUT2D eigenvalue weighted by molar-refractivity contribution is -0.146. The van der Waals surface area contributed by atoms with Gasteiger partial charge in [-0.15, -0.1) is 0 Å². The molecule has 0 saturated carbocycles. The second-order valence-corrected chi connectivity index (χ2v) is 6.05. The largest absolute Gasteiger partial charge is 0.466 e. The summed E-state index contributed by atoms with van der Waals surface area (Å²) < 4.78 is 10.0. The maximum absolute atomic E-state index is 12.1. The van der Waals surface area contributed by atoms with Gasteiger partial charge in [-0.25, -0.2) is 4.79 Å². The van der Waals surface area contributed by atoms with Crippen molar-refractivity contribution in [3.8, 4) is 0 Å². The Bertz CT molecular complexity index is 802. The van der Waals surface area contributed by atoms with Crippen molar-refractivity contribution < 1.29 is 19.1 Å². The average molecular weight is 353 g/mol. The average Bonchev–Trinajstić information content (AvgIpc) is 2.64. The van der Waals surface area contributed by atoms with E-state index in [4.69, 9.17) is 15.2 Å². The van der Waals surface area contributed by atoms with Crippen molar-refractivity contribution in [2.45, 2.75) is 26.9 Å². The molecule has 2 aromatic carbocycles. The highest BCUT2D eigenvalue weighted by Gasteiger charge is 2.16. The summed E-state index contributed by atoms with van der Waals surface area (Å²) in [6, 6.07) is 13.1. The molecule has 26 heavy (non-hydrogen) atoms. The number of hydrogen-bond acceptors (Lipinski definition) is 5. The van der Waals surface area contributed by atoms with E-state index in [2.05, 4.69) is 0 Å². The lowest BCUT2D eigenvalue weighted by atomic mass is 10.0. The van der Waals surface area contributed by atoms with Crippen LogP contribution in [0.4, 0.5) is 5.69 Å². The molecular formula is C21H23NO4. The van der Waals surface area contributed by atoms with Gasteiger partial charge < -0.3 is 15.2 Å². The van der Waals surface area contributed by atoms with Gasteiger partial charge in [-0.05, 0) is 54.3 Å². The predicted molar refractivity (Wildman–Crippen MR) is 101 cm³/mol. The predicted octanol–water partition coefficient (Wildman–Crippen LogP) is 3.58. The summed E-state index contributed by atoms with van der Waals surface area (Å²) in [4.78, 5) is 24.2. The van der Waals surface area contributed by atoms with Gasteiger partial charge in [0.05, 0.1) is 13.5 Å². The third-order valence-electron chi connectivity index (χ3n) is 3.98. The minimum atomic E-state index is -0.561. The van der Waals surface area contributed by atoms with Crippen molar-refractivity contribution in [2.24, 2.45) is 0 Å². The molecule has 0 saturated heterocycles. The molecule has 2 N–H and O–H groups in total. The Hall–Kier alpha value is -3.08. The molecule has 2 aromatic rings. The van der Waals surface area contributed by atoms with E-state index < -0.39 is 11.9 Å². The Morgan fingerprint density at radius 3 is 2.27 bits per heavy atom. The van der Waals surface area contributed by atoms with Crippen LogP contribution < -0.4 is 5.73 Å². The summed E-state index contributed by atoms with van der Waals surface area (Å²) >= 11 is 0. The summed E-state index contributed by atoms with van der Waals surface area (Å²) in [5.41, 5.74) is 10.4. The minimum Gasteiger partial charge on any atom is -0.466 e. The van der Waals surface area contributed by atoms with Crippen LogP contribution in [0.1, 0.15) is 28.7 Å². The second kappa shape index (κ2) is 8.85. The molecule has 0 aliphatic carbocycles. The molecule has 0 aliphatic rings. The zero-order valence-electron chi connectivity index (χ0n) is 15.2. The Kier molecular flexibility index (Phi) is 6.55. The molecule has 0 fully saturated rings. The van der Waals surface area contributed by atoms with Crippen molar-refractivity contribution in [1.82, 2.24) is 0 Å². The molecule has 0 atom stereocenters. The first-order chi connectivity index (χ1) is 12.4. The Morgan fingerprint density at radius 1 is 1.08 bits per heavy atom. The van der Waals surface area contributed by atoms with Crippen LogP contribution in [-0.4, -0.2) is 19.0 Å². The Labute approximate surface area is 153 Å². The van der Waals surface area contributed by atoms with Crippen LogP contribution in [0.2, 0.25) is 0 Å². The van der Waals surface area contributed by atoms with Crippen LogP contribution in [0.3, 0.4) is 0 Å².